The molecule has 1 fully saturated rings. The normalized spacial score (nSPS) is 17.5. The van der Waals surface area contributed by atoms with Gasteiger partial charge in [0, 0.05) is 11.1 Å². The van der Waals surface area contributed by atoms with E-state index in [1.54, 1.807) is 0 Å². The highest BCUT2D eigenvalue weighted by Gasteiger charge is 2.23. The van der Waals surface area contributed by atoms with E-state index in [4.69, 9.17) is 0 Å². The van der Waals surface area contributed by atoms with E-state index in [1.165, 1.54) is 19.3 Å². The number of ketones is 1. The number of hydrogen-bond acceptors (Lipinski definition) is 2. The molecule has 124 valence electrons. The molecule has 2 aromatic rings. The smallest absolute Gasteiger partial charge is 0.191 e. The minimum absolute atomic E-state index is 0.0717. The lowest BCUT2D eigenvalue weighted by Gasteiger charge is -2.22. The van der Waals surface area contributed by atoms with Crippen molar-refractivity contribution in [2.75, 3.05) is 0 Å². The second kappa shape index (κ2) is 8.07. The van der Waals surface area contributed by atoms with Crippen LogP contribution in [0.3, 0.4) is 0 Å². The maximum Gasteiger partial charge on any atom is 0.191 e. The molecule has 0 aliphatic heterocycles. The Morgan fingerprint density at radius 1 is 0.917 bits per heavy atom. The van der Waals surface area contributed by atoms with E-state index in [1.807, 2.05) is 66.7 Å². The third-order valence-electron chi connectivity index (χ3n) is 4.77. The van der Waals surface area contributed by atoms with Gasteiger partial charge >= 0.3 is 0 Å². The zero-order valence-electron chi connectivity index (χ0n) is 13.9. The second-order valence-electron chi connectivity index (χ2n) is 6.53. The summed E-state index contributed by atoms with van der Waals surface area (Å²) in [6.07, 6.45) is 7.05. The summed E-state index contributed by atoms with van der Waals surface area (Å²) >= 11 is 0. The lowest BCUT2D eigenvalue weighted by atomic mass is 9.84. The van der Waals surface area contributed by atoms with Gasteiger partial charge in [0.05, 0.1) is 0 Å². The van der Waals surface area contributed by atoms with Crippen molar-refractivity contribution in [3.8, 4) is 0 Å². The standard InChI is InChI=1S/C22H24O2/c23-21(18-12-6-2-7-13-18)20(16-17-10-4-1-5-11-17)22(24)19-14-8-3-9-15-19/h2-3,6-9,12-17,21,23H,1,4-5,10-11H2/b20-16-. The Bertz CT molecular complexity index is 682. The van der Waals surface area contributed by atoms with Crippen LogP contribution in [0, 0.1) is 5.92 Å². The van der Waals surface area contributed by atoms with Crippen molar-refractivity contribution in [2.45, 2.75) is 38.2 Å². The molecule has 3 rings (SSSR count). The Labute approximate surface area is 143 Å². The van der Waals surface area contributed by atoms with Crippen LogP contribution >= 0.6 is 0 Å². The summed E-state index contributed by atoms with van der Waals surface area (Å²) in [6, 6.07) is 18.7. The molecule has 0 aromatic heterocycles. The molecule has 1 N–H and O–H groups in total. The van der Waals surface area contributed by atoms with Crippen LogP contribution in [0.1, 0.15) is 54.1 Å². The largest absolute Gasteiger partial charge is 0.384 e. The molecule has 1 aliphatic rings. The zero-order chi connectivity index (χ0) is 16.8. The molecule has 2 nitrogen and oxygen atoms in total. The first-order chi connectivity index (χ1) is 11.8. The molecule has 24 heavy (non-hydrogen) atoms. The lowest BCUT2D eigenvalue weighted by molar-refractivity contribution is 0.0984. The Kier molecular flexibility index (Phi) is 5.60. The van der Waals surface area contributed by atoms with Gasteiger partial charge in [-0.2, -0.15) is 0 Å². The van der Waals surface area contributed by atoms with Gasteiger partial charge in [-0.1, -0.05) is 86.0 Å². The van der Waals surface area contributed by atoms with Gasteiger partial charge in [0.25, 0.3) is 0 Å². The molecule has 0 spiro atoms. The molecular weight excluding hydrogens is 296 g/mol. The van der Waals surface area contributed by atoms with Crippen LogP contribution in [-0.2, 0) is 0 Å². The summed E-state index contributed by atoms with van der Waals surface area (Å²) in [5.41, 5.74) is 1.91. The van der Waals surface area contributed by atoms with E-state index in [9.17, 15) is 9.90 Å². The summed E-state index contributed by atoms with van der Waals surface area (Å²) < 4.78 is 0. The minimum atomic E-state index is -0.874. The molecule has 1 atom stereocenters. The molecule has 2 aromatic carbocycles. The van der Waals surface area contributed by atoms with Crippen molar-refractivity contribution in [3.05, 3.63) is 83.4 Å². The van der Waals surface area contributed by atoms with Crippen LogP contribution in [0.5, 0.6) is 0 Å². The summed E-state index contributed by atoms with van der Waals surface area (Å²) in [5, 5.41) is 10.9. The number of aliphatic hydroxyl groups excluding tert-OH is 1. The van der Waals surface area contributed by atoms with Gasteiger partial charge < -0.3 is 5.11 Å². The number of carbonyl (C=O) groups excluding carboxylic acids is 1. The van der Waals surface area contributed by atoms with Crippen molar-refractivity contribution in [1.29, 1.82) is 0 Å². The molecule has 1 aliphatic carbocycles. The van der Waals surface area contributed by atoms with Gasteiger partial charge in [0.15, 0.2) is 5.78 Å². The topological polar surface area (TPSA) is 37.3 Å². The van der Waals surface area contributed by atoms with Crippen molar-refractivity contribution in [3.63, 3.8) is 0 Å². The van der Waals surface area contributed by atoms with Gasteiger partial charge in [-0.05, 0) is 24.3 Å². The molecule has 0 heterocycles. The van der Waals surface area contributed by atoms with Gasteiger partial charge in [0.1, 0.15) is 6.10 Å². The first-order valence-corrected chi connectivity index (χ1v) is 8.80. The minimum Gasteiger partial charge on any atom is -0.384 e. The van der Waals surface area contributed by atoms with E-state index >= 15 is 0 Å². The fraction of sp³-hybridized carbons (Fsp3) is 0.318. The highest BCUT2D eigenvalue weighted by molar-refractivity contribution is 6.09. The highest BCUT2D eigenvalue weighted by atomic mass is 16.3. The third-order valence-corrected chi connectivity index (χ3v) is 4.77. The second-order valence-corrected chi connectivity index (χ2v) is 6.53. The molecule has 0 saturated heterocycles. The van der Waals surface area contributed by atoms with E-state index < -0.39 is 6.10 Å². The summed E-state index contributed by atoms with van der Waals surface area (Å²) in [4.78, 5) is 13.0. The van der Waals surface area contributed by atoms with Crippen molar-refractivity contribution >= 4 is 5.78 Å². The van der Waals surface area contributed by atoms with Crippen LogP contribution in [0.2, 0.25) is 0 Å². The quantitative estimate of drug-likeness (QED) is 0.614. The van der Waals surface area contributed by atoms with Crippen molar-refractivity contribution in [2.24, 2.45) is 5.92 Å². The monoisotopic (exact) mass is 320 g/mol. The van der Waals surface area contributed by atoms with Crippen molar-refractivity contribution < 1.29 is 9.90 Å². The summed E-state index contributed by atoms with van der Waals surface area (Å²) in [6.45, 7) is 0. The molecule has 1 saturated carbocycles. The number of benzene rings is 2. The van der Waals surface area contributed by atoms with Gasteiger partial charge in [-0.15, -0.1) is 0 Å². The predicted octanol–water partition coefficient (Wildman–Crippen LogP) is 5.11. The SMILES string of the molecule is O=C(/C(=C\C1CCCCC1)C(O)c1ccccc1)c1ccccc1. The number of hydrogen-bond donors (Lipinski definition) is 1. The Morgan fingerprint density at radius 2 is 1.50 bits per heavy atom. The van der Waals surface area contributed by atoms with Crippen LogP contribution in [-0.4, -0.2) is 10.9 Å². The average molecular weight is 320 g/mol. The molecule has 0 amide bonds. The predicted molar refractivity (Wildman–Crippen MR) is 96.8 cm³/mol. The van der Waals surface area contributed by atoms with Crippen LogP contribution in [0.25, 0.3) is 0 Å². The van der Waals surface area contributed by atoms with Gasteiger partial charge in [0.2, 0.25) is 0 Å². The Hall–Kier alpha value is -2.19. The van der Waals surface area contributed by atoms with Crippen molar-refractivity contribution in [1.82, 2.24) is 0 Å². The zero-order valence-corrected chi connectivity index (χ0v) is 13.9. The first-order valence-electron chi connectivity index (χ1n) is 8.80. The molecule has 0 radical (unpaired) electrons. The van der Waals surface area contributed by atoms with Gasteiger partial charge in [-0.3, -0.25) is 4.79 Å². The molecular formula is C22H24O2. The number of carbonyl (C=O) groups is 1. The van der Waals surface area contributed by atoms with Crippen LogP contribution in [0.15, 0.2) is 72.3 Å². The Balaban J connectivity index is 1.94. The first kappa shape index (κ1) is 16.7. The number of rotatable bonds is 5. The fourth-order valence-electron chi connectivity index (χ4n) is 3.42. The number of Topliss-reactive ketones (excluding diaryl/α,β-unsaturated/α-hetero) is 1. The maximum atomic E-state index is 13.0. The number of allylic oxidation sites excluding steroid dienone is 1. The summed E-state index contributed by atoms with van der Waals surface area (Å²) in [5.74, 6) is 0.317. The van der Waals surface area contributed by atoms with Crippen LogP contribution < -0.4 is 0 Å². The maximum absolute atomic E-state index is 13.0. The fourth-order valence-corrected chi connectivity index (χ4v) is 3.42. The highest BCUT2D eigenvalue weighted by Crippen LogP contribution is 2.31. The van der Waals surface area contributed by atoms with Gasteiger partial charge in [-0.25, -0.2) is 0 Å². The van der Waals surface area contributed by atoms with E-state index in [-0.39, 0.29) is 5.78 Å². The lowest BCUT2D eigenvalue weighted by Crippen LogP contribution is -2.15. The van der Waals surface area contributed by atoms with E-state index in [0.717, 1.165) is 18.4 Å². The summed E-state index contributed by atoms with van der Waals surface area (Å²) in [7, 11) is 0. The molecule has 1 unspecified atom stereocenters. The number of aliphatic hydroxyl groups is 1. The van der Waals surface area contributed by atoms with E-state index in [0.29, 0.717) is 17.1 Å². The molecule has 2 heteroatoms. The van der Waals surface area contributed by atoms with Crippen LogP contribution in [0.4, 0.5) is 0 Å². The Morgan fingerprint density at radius 3 is 2.12 bits per heavy atom. The molecule has 0 bridgehead atoms. The van der Waals surface area contributed by atoms with E-state index in [2.05, 4.69) is 0 Å². The average Bonchev–Trinajstić information content (AvgIpc) is 2.67. The third kappa shape index (κ3) is 4.01.